The molecule has 1 aliphatic heterocycles. The molecule has 0 aromatic rings. The summed E-state index contributed by atoms with van der Waals surface area (Å²) in [4.78, 5) is 15.8. The van der Waals surface area contributed by atoms with E-state index in [-0.39, 0.29) is 0 Å². The fourth-order valence-corrected chi connectivity index (χ4v) is 2.16. The van der Waals surface area contributed by atoms with Crippen LogP contribution in [0.4, 0.5) is 0 Å². The van der Waals surface area contributed by atoms with Crippen molar-refractivity contribution in [3.05, 3.63) is 0 Å². The van der Waals surface area contributed by atoms with Gasteiger partial charge in [-0.15, -0.1) is 0 Å². The Bertz CT molecular complexity index is 254. The smallest absolute Gasteiger partial charge is 0.238 e. The van der Waals surface area contributed by atoms with E-state index >= 15 is 0 Å². The van der Waals surface area contributed by atoms with E-state index in [1.54, 1.807) is 6.92 Å². The molecule has 5 nitrogen and oxygen atoms in total. The highest BCUT2D eigenvalue weighted by molar-refractivity contribution is 5.84. The minimum atomic E-state index is -0.933. The van der Waals surface area contributed by atoms with Crippen molar-refractivity contribution in [3.63, 3.8) is 0 Å². The van der Waals surface area contributed by atoms with Crippen LogP contribution in [0, 0.1) is 0 Å². The van der Waals surface area contributed by atoms with Gasteiger partial charge in [-0.3, -0.25) is 9.69 Å². The van der Waals surface area contributed by atoms with Gasteiger partial charge in [0.05, 0.1) is 0 Å². The van der Waals surface area contributed by atoms with E-state index in [0.29, 0.717) is 12.6 Å². The lowest BCUT2D eigenvalue weighted by atomic mass is 10.0. The van der Waals surface area contributed by atoms with E-state index in [4.69, 9.17) is 11.5 Å². The summed E-state index contributed by atoms with van der Waals surface area (Å²) in [5.41, 5.74) is 10.3. The maximum Gasteiger partial charge on any atom is 0.238 e. The molecular weight excluding hydrogens is 204 g/mol. The Balaban J connectivity index is 2.62. The second-order valence-corrected chi connectivity index (χ2v) is 5.22. The summed E-state index contributed by atoms with van der Waals surface area (Å²) in [7, 11) is 2.12. The Kier molecular flexibility index (Phi) is 4.29. The van der Waals surface area contributed by atoms with Gasteiger partial charge in [0, 0.05) is 19.1 Å². The molecular formula is C11H24N4O. The molecule has 0 aromatic carbocycles. The van der Waals surface area contributed by atoms with Gasteiger partial charge >= 0.3 is 0 Å². The van der Waals surface area contributed by atoms with Crippen LogP contribution in [0.5, 0.6) is 0 Å². The van der Waals surface area contributed by atoms with Crippen LogP contribution in [-0.4, -0.2) is 60.5 Å². The molecule has 0 spiro atoms. The van der Waals surface area contributed by atoms with Crippen LogP contribution in [0.3, 0.4) is 0 Å². The quantitative estimate of drug-likeness (QED) is 0.664. The molecule has 1 saturated heterocycles. The summed E-state index contributed by atoms with van der Waals surface area (Å²) in [5.74, 6) is -0.433. The van der Waals surface area contributed by atoms with Crippen molar-refractivity contribution >= 4 is 5.91 Å². The average Bonchev–Trinajstić information content (AvgIpc) is 2.28. The number of carbonyl (C=O) groups excluding carboxylic acids is 1. The first-order valence-corrected chi connectivity index (χ1v) is 5.84. The van der Waals surface area contributed by atoms with Crippen LogP contribution in [0.15, 0.2) is 0 Å². The van der Waals surface area contributed by atoms with Crippen molar-refractivity contribution in [2.75, 3.05) is 33.2 Å². The number of hydrogen-bond donors (Lipinski definition) is 2. The number of likely N-dealkylation sites (N-methyl/N-ethyl adjacent to an activating group) is 1. The molecule has 0 radical (unpaired) electrons. The van der Waals surface area contributed by atoms with Crippen molar-refractivity contribution in [3.8, 4) is 0 Å². The van der Waals surface area contributed by atoms with Gasteiger partial charge in [-0.25, -0.2) is 0 Å². The Labute approximate surface area is 97.7 Å². The second-order valence-electron chi connectivity index (χ2n) is 5.22. The maximum absolute atomic E-state index is 11.2. The molecule has 16 heavy (non-hydrogen) atoms. The SMILES string of the molecule is CC1CN(C)CCCN1CC(C)(N)C(N)=O. The van der Waals surface area contributed by atoms with Crippen LogP contribution < -0.4 is 11.5 Å². The molecule has 94 valence electrons. The summed E-state index contributed by atoms with van der Waals surface area (Å²) < 4.78 is 0. The second kappa shape index (κ2) is 5.12. The van der Waals surface area contributed by atoms with Gasteiger partial charge in [-0.05, 0) is 40.4 Å². The molecule has 0 bridgehead atoms. The monoisotopic (exact) mass is 228 g/mol. The van der Waals surface area contributed by atoms with E-state index in [0.717, 1.165) is 26.1 Å². The molecule has 1 amide bonds. The molecule has 0 aromatic heterocycles. The topological polar surface area (TPSA) is 75.6 Å². The minimum absolute atomic E-state index is 0.412. The van der Waals surface area contributed by atoms with E-state index in [2.05, 4.69) is 23.8 Å². The number of nitrogens with two attached hydrogens (primary N) is 2. The van der Waals surface area contributed by atoms with Gasteiger partial charge in [0.1, 0.15) is 5.54 Å². The zero-order valence-electron chi connectivity index (χ0n) is 10.6. The summed E-state index contributed by atoms with van der Waals surface area (Å²) in [5, 5.41) is 0. The van der Waals surface area contributed by atoms with Gasteiger partial charge in [0.15, 0.2) is 0 Å². The molecule has 1 rings (SSSR count). The fraction of sp³-hybridized carbons (Fsp3) is 0.909. The van der Waals surface area contributed by atoms with Gasteiger partial charge in [0.25, 0.3) is 0 Å². The Morgan fingerprint density at radius 3 is 2.69 bits per heavy atom. The molecule has 1 fully saturated rings. The molecule has 2 unspecified atom stereocenters. The van der Waals surface area contributed by atoms with Crippen LogP contribution in [0.2, 0.25) is 0 Å². The Hall–Kier alpha value is -0.650. The minimum Gasteiger partial charge on any atom is -0.368 e. The molecule has 0 aliphatic carbocycles. The van der Waals surface area contributed by atoms with E-state index < -0.39 is 11.4 Å². The van der Waals surface area contributed by atoms with Crippen molar-refractivity contribution in [2.45, 2.75) is 31.8 Å². The zero-order chi connectivity index (χ0) is 12.3. The zero-order valence-corrected chi connectivity index (χ0v) is 10.6. The lowest BCUT2D eigenvalue weighted by Crippen LogP contribution is -2.58. The van der Waals surface area contributed by atoms with Crippen LogP contribution in [0.1, 0.15) is 20.3 Å². The number of amides is 1. The largest absolute Gasteiger partial charge is 0.368 e. The average molecular weight is 228 g/mol. The standard InChI is InChI=1S/C11H24N4O/c1-9-7-14(3)5-4-6-15(9)8-11(2,13)10(12)16/h9H,4-8,13H2,1-3H3,(H2,12,16). The third-order valence-corrected chi connectivity index (χ3v) is 3.28. The predicted octanol–water partition coefficient (Wildman–Crippen LogP) is -0.785. The predicted molar refractivity (Wildman–Crippen MR) is 64.9 cm³/mol. The van der Waals surface area contributed by atoms with Crippen molar-refractivity contribution in [2.24, 2.45) is 11.5 Å². The first-order chi connectivity index (χ1) is 7.33. The molecule has 1 aliphatic rings. The van der Waals surface area contributed by atoms with Crippen molar-refractivity contribution in [1.82, 2.24) is 9.80 Å². The highest BCUT2D eigenvalue weighted by Crippen LogP contribution is 2.12. The molecule has 5 heteroatoms. The fourth-order valence-electron chi connectivity index (χ4n) is 2.16. The summed E-state index contributed by atoms with van der Waals surface area (Å²) in [6, 6.07) is 0.412. The van der Waals surface area contributed by atoms with E-state index in [9.17, 15) is 4.79 Å². The highest BCUT2D eigenvalue weighted by Gasteiger charge is 2.31. The Morgan fingerprint density at radius 1 is 1.50 bits per heavy atom. The molecule has 4 N–H and O–H groups in total. The third-order valence-electron chi connectivity index (χ3n) is 3.28. The van der Waals surface area contributed by atoms with Gasteiger partial charge < -0.3 is 16.4 Å². The number of rotatable bonds is 3. The highest BCUT2D eigenvalue weighted by atomic mass is 16.1. The lowest BCUT2D eigenvalue weighted by Gasteiger charge is -2.33. The van der Waals surface area contributed by atoms with Crippen molar-refractivity contribution < 1.29 is 4.79 Å². The first-order valence-electron chi connectivity index (χ1n) is 5.84. The van der Waals surface area contributed by atoms with E-state index in [1.165, 1.54) is 0 Å². The molecule has 0 saturated carbocycles. The Morgan fingerprint density at radius 2 is 2.12 bits per heavy atom. The van der Waals surface area contributed by atoms with Crippen LogP contribution >= 0.6 is 0 Å². The normalized spacial score (nSPS) is 28.4. The number of nitrogens with zero attached hydrogens (tertiary/aromatic N) is 2. The number of hydrogen-bond acceptors (Lipinski definition) is 4. The summed E-state index contributed by atoms with van der Waals surface area (Å²) >= 11 is 0. The van der Waals surface area contributed by atoms with Gasteiger partial charge in [-0.1, -0.05) is 0 Å². The van der Waals surface area contributed by atoms with Crippen LogP contribution in [-0.2, 0) is 4.79 Å². The van der Waals surface area contributed by atoms with Gasteiger partial charge in [0.2, 0.25) is 5.91 Å². The summed E-state index contributed by atoms with van der Waals surface area (Å²) in [6.07, 6.45) is 1.11. The summed E-state index contributed by atoms with van der Waals surface area (Å²) in [6.45, 7) is 7.49. The van der Waals surface area contributed by atoms with Gasteiger partial charge in [-0.2, -0.15) is 0 Å². The first kappa shape index (κ1) is 13.4. The number of carbonyl (C=O) groups is 1. The molecule has 2 atom stereocenters. The van der Waals surface area contributed by atoms with E-state index in [1.807, 2.05) is 0 Å². The molecule has 1 heterocycles. The van der Waals surface area contributed by atoms with Crippen molar-refractivity contribution in [1.29, 1.82) is 0 Å². The third kappa shape index (κ3) is 3.43. The lowest BCUT2D eigenvalue weighted by molar-refractivity contribution is -0.123. The number of primary amides is 1. The maximum atomic E-state index is 11.2. The van der Waals surface area contributed by atoms with Crippen LogP contribution in [0.25, 0.3) is 0 Å².